The molecule has 0 bridgehead atoms. The molecule has 2 heterocycles. The van der Waals surface area contributed by atoms with Crippen LogP contribution in [0.15, 0.2) is 24.3 Å². The first kappa shape index (κ1) is 19.3. The van der Waals surface area contributed by atoms with Crippen molar-refractivity contribution in [2.24, 2.45) is 0 Å². The number of aliphatic hydroxyl groups is 1. The van der Waals surface area contributed by atoms with Crippen molar-refractivity contribution in [2.75, 3.05) is 28.7 Å². The van der Waals surface area contributed by atoms with Gasteiger partial charge in [0.1, 0.15) is 5.69 Å². The van der Waals surface area contributed by atoms with Gasteiger partial charge < -0.3 is 15.7 Å². The summed E-state index contributed by atoms with van der Waals surface area (Å²) in [6.07, 6.45) is 2.67. The minimum Gasteiger partial charge on any atom is -0.388 e. The van der Waals surface area contributed by atoms with E-state index in [1.807, 2.05) is 43.0 Å². The Morgan fingerprint density at radius 1 is 1.31 bits per heavy atom. The standard InChI is InChI=1S/C19H24ClN3O2S/c1-2-5-15(24)23-17-16(21-12-19(25)8-10-26-11-9-19)13-6-3-4-7-14(13)22-18(17)20/h3-4,6-7,25H,2,5,8-12H2,1H3,(H,21,22)(H,23,24). The Morgan fingerprint density at radius 3 is 2.77 bits per heavy atom. The second-order valence-electron chi connectivity index (χ2n) is 6.66. The molecule has 1 aliphatic heterocycles. The van der Waals surface area contributed by atoms with Gasteiger partial charge in [-0.1, -0.05) is 36.7 Å². The summed E-state index contributed by atoms with van der Waals surface area (Å²) in [4.78, 5) is 16.6. The predicted molar refractivity (Wildman–Crippen MR) is 110 cm³/mol. The van der Waals surface area contributed by atoms with Crippen LogP contribution in [-0.2, 0) is 4.79 Å². The van der Waals surface area contributed by atoms with Crippen molar-refractivity contribution in [2.45, 2.75) is 38.2 Å². The third-order valence-corrected chi connectivity index (χ3v) is 5.87. The Bertz CT molecular complexity index is 794. The zero-order chi connectivity index (χ0) is 18.6. The van der Waals surface area contributed by atoms with Gasteiger partial charge in [-0.3, -0.25) is 4.79 Å². The fraction of sp³-hybridized carbons (Fsp3) is 0.474. The zero-order valence-corrected chi connectivity index (χ0v) is 16.4. The first-order chi connectivity index (χ1) is 12.5. The highest BCUT2D eigenvalue weighted by atomic mass is 35.5. The summed E-state index contributed by atoms with van der Waals surface area (Å²) in [5, 5.41) is 18.2. The van der Waals surface area contributed by atoms with Gasteiger partial charge in [0.15, 0.2) is 5.15 Å². The summed E-state index contributed by atoms with van der Waals surface area (Å²) in [5.74, 6) is 1.81. The Balaban J connectivity index is 1.95. The highest BCUT2D eigenvalue weighted by Gasteiger charge is 2.30. The van der Waals surface area contributed by atoms with Crippen LogP contribution < -0.4 is 10.6 Å². The number of nitrogens with zero attached hydrogens (tertiary/aromatic N) is 1. The summed E-state index contributed by atoms with van der Waals surface area (Å²) in [5.41, 5.74) is 1.21. The molecule has 1 amide bonds. The maximum absolute atomic E-state index is 12.1. The largest absolute Gasteiger partial charge is 0.388 e. The van der Waals surface area contributed by atoms with E-state index in [0.29, 0.717) is 18.7 Å². The van der Waals surface area contributed by atoms with E-state index in [1.54, 1.807) is 0 Å². The molecule has 1 fully saturated rings. The molecule has 26 heavy (non-hydrogen) atoms. The van der Waals surface area contributed by atoms with Crippen molar-refractivity contribution in [3.05, 3.63) is 29.4 Å². The quantitative estimate of drug-likeness (QED) is 0.638. The lowest BCUT2D eigenvalue weighted by Gasteiger charge is -2.32. The number of carbonyl (C=O) groups excluding carboxylic acids is 1. The number of pyridine rings is 1. The summed E-state index contributed by atoms with van der Waals surface area (Å²) in [6, 6.07) is 7.65. The van der Waals surface area contributed by atoms with Gasteiger partial charge >= 0.3 is 0 Å². The lowest BCUT2D eigenvalue weighted by Crippen LogP contribution is -2.40. The van der Waals surface area contributed by atoms with Crippen LogP contribution in [0.25, 0.3) is 10.9 Å². The molecule has 0 aliphatic carbocycles. The van der Waals surface area contributed by atoms with E-state index >= 15 is 0 Å². The molecule has 140 valence electrons. The van der Waals surface area contributed by atoms with E-state index in [9.17, 15) is 9.90 Å². The normalized spacial score (nSPS) is 16.4. The van der Waals surface area contributed by atoms with Gasteiger partial charge in [-0.25, -0.2) is 4.98 Å². The van der Waals surface area contributed by atoms with Crippen molar-refractivity contribution in [1.82, 2.24) is 4.98 Å². The van der Waals surface area contributed by atoms with Gasteiger partial charge in [0.05, 0.1) is 16.8 Å². The molecule has 3 N–H and O–H groups in total. The molecule has 1 aromatic carbocycles. The molecule has 0 unspecified atom stereocenters. The predicted octanol–water partition coefficient (Wildman–Crippen LogP) is 4.30. The van der Waals surface area contributed by atoms with Crippen LogP contribution >= 0.6 is 23.4 Å². The van der Waals surface area contributed by atoms with Crippen LogP contribution in [0.5, 0.6) is 0 Å². The molecule has 1 saturated heterocycles. The lowest BCUT2D eigenvalue weighted by molar-refractivity contribution is -0.116. The van der Waals surface area contributed by atoms with Gasteiger partial charge in [0, 0.05) is 18.4 Å². The van der Waals surface area contributed by atoms with Gasteiger partial charge in [-0.15, -0.1) is 0 Å². The third kappa shape index (κ3) is 4.42. The molecular weight excluding hydrogens is 370 g/mol. The molecule has 2 aromatic rings. The summed E-state index contributed by atoms with van der Waals surface area (Å²) in [6.45, 7) is 2.37. The van der Waals surface area contributed by atoms with E-state index in [2.05, 4.69) is 15.6 Å². The Morgan fingerprint density at radius 2 is 2.04 bits per heavy atom. The average molecular weight is 394 g/mol. The first-order valence-corrected chi connectivity index (χ1v) is 10.5. The minimum absolute atomic E-state index is 0.0951. The number of anilines is 2. The Kier molecular flexibility index (Phi) is 6.27. The van der Waals surface area contributed by atoms with E-state index in [0.717, 1.165) is 47.4 Å². The number of fused-ring (bicyclic) bond motifs is 1. The summed E-state index contributed by atoms with van der Waals surface area (Å²) >= 11 is 8.24. The average Bonchev–Trinajstić information content (AvgIpc) is 2.62. The lowest BCUT2D eigenvalue weighted by atomic mass is 9.96. The molecule has 0 saturated carbocycles. The number of amides is 1. The number of para-hydroxylation sites is 1. The molecule has 7 heteroatoms. The zero-order valence-electron chi connectivity index (χ0n) is 14.8. The number of thioether (sulfide) groups is 1. The van der Waals surface area contributed by atoms with Crippen molar-refractivity contribution < 1.29 is 9.90 Å². The van der Waals surface area contributed by atoms with Crippen molar-refractivity contribution in [3.63, 3.8) is 0 Å². The molecule has 0 atom stereocenters. The van der Waals surface area contributed by atoms with Gasteiger partial charge in [0.2, 0.25) is 5.91 Å². The monoisotopic (exact) mass is 393 g/mol. The first-order valence-electron chi connectivity index (χ1n) is 8.94. The van der Waals surface area contributed by atoms with Crippen LogP contribution in [0.3, 0.4) is 0 Å². The molecule has 0 spiro atoms. The maximum Gasteiger partial charge on any atom is 0.224 e. The van der Waals surface area contributed by atoms with Crippen molar-refractivity contribution in [1.29, 1.82) is 0 Å². The number of hydrogen-bond acceptors (Lipinski definition) is 5. The number of nitrogens with one attached hydrogen (secondary N) is 2. The molecule has 0 radical (unpaired) electrons. The summed E-state index contributed by atoms with van der Waals surface area (Å²) in [7, 11) is 0. The van der Waals surface area contributed by atoms with E-state index < -0.39 is 5.60 Å². The van der Waals surface area contributed by atoms with Crippen LogP contribution in [-0.4, -0.2) is 39.6 Å². The van der Waals surface area contributed by atoms with Gasteiger partial charge in [0.25, 0.3) is 0 Å². The van der Waals surface area contributed by atoms with E-state index in [1.165, 1.54) is 0 Å². The topological polar surface area (TPSA) is 74.2 Å². The Hall–Kier alpha value is -1.50. The SMILES string of the molecule is CCCC(=O)Nc1c(Cl)nc2ccccc2c1NCC1(O)CCSCC1. The second kappa shape index (κ2) is 8.46. The fourth-order valence-corrected chi connectivity index (χ4v) is 4.58. The molecule has 1 aliphatic rings. The number of hydrogen-bond donors (Lipinski definition) is 3. The molecule has 1 aromatic heterocycles. The number of benzene rings is 1. The minimum atomic E-state index is -0.743. The third-order valence-electron chi connectivity index (χ3n) is 4.61. The smallest absolute Gasteiger partial charge is 0.224 e. The highest BCUT2D eigenvalue weighted by Crippen LogP contribution is 2.37. The van der Waals surface area contributed by atoms with Crippen LogP contribution in [0.4, 0.5) is 11.4 Å². The van der Waals surface area contributed by atoms with Crippen molar-refractivity contribution in [3.8, 4) is 0 Å². The molecule has 3 rings (SSSR count). The number of rotatable bonds is 6. The Labute approximate surface area is 162 Å². The molecular formula is C19H24ClN3O2S. The fourth-order valence-electron chi connectivity index (χ4n) is 3.09. The van der Waals surface area contributed by atoms with Gasteiger partial charge in [-0.2, -0.15) is 11.8 Å². The van der Waals surface area contributed by atoms with Gasteiger partial charge in [-0.05, 0) is 36.8 Å². The van der Waals surface area contributed by atoms with E-state index in [-0.39, 0.29) is 11.1 Å². The second-order valence-corrected chi connectivity index (χ2v) is 8.24. The van der Waals surface area contributed by atoms with Crippen molar-refractivity contribution >= 4 is 51.5 Å². The number of halogens is 1. The number of carbonyl (C=O) groups is 1. The van der Waals surface area contributed by atoms with Crippen LogP contribution in [0.2, 0.25) is 5.15 Å². The molecule has 5 nitrogen and oxygen atoms in total. The van der Waals surface area contributed by atoms with E-state index in [4.69, 9.17) is 11.6 Å². The number of aromatic nitrogens is 1. The van der Waals surface area contributed by atoms with Crippen LogP contribution in [0.1, 0.15) is 32.6 Å². The highest BCUT2D eigenvalue weighted by molar-refractivity contribution is 7.99. The summed E-state index contributed by atoms with van der Waals surface area (Å²) < 4.78 is 0. The van der Waals surface area contributed by atoms with Crippen LogP contribution in [0, 0.1) is 0 Å². The maximum atomic E-state index is 12.1.